The summed E-state index contributed by atoms with van der Waals surface area (Å²) in [4.78, 5) is 11.1. The number of rotatable bonds is 2. The molecular weight excluding hydrogens is 216 g/mol. The van der Waals surface area contributed by atoms with Crippen LogP contribution >= 0.6 is 0 Å². The first-order chi connectivity index (χ1) is 8.00. The van der Waals surface area contributed by atoms with Gasteiger partial charge in [-0.2, -0.15) is 5.10 Å². The quantitative estimate of drug-likeness (QED) is 0.861. The molecule has 0 bridgehead atoms. The maximum Gasteiger partial charge on any atom is 0.354 e. The van der Waals surface area contributed by atoms with Gasteiger partial charge in [0.15, 0.2) is 0 Å². The average Bonchev–Trinajstić information content (AvgIpc) is 2.55. The summed E-state index contributed by atoms with van der Waals surface area (Å²) >= 11 is 0. The van der Waals surface area contributed by atoms with Crippen LogP contribution in [0, 0.1) is 13.8 Å². The molecule has 0 saturated carbocycles. The third-order valence-corrected chi connectivity index (χ3v) is 2.81. The minimum absolute atomic E-state index is 0.237. The number of carboxylic acids is 1. The molecule has 4 nitrogen and oxygen atoms in total. The zero-order valence-electron chi connectivity index (χ0n) is 10.1. The van der Waals surface area contributed by atoms with Crippen LogP contribution < -0.4 is 0 Å². The standard InChI is InChI=1S/C13H14N2O2/c1-8-4-6-10(7-5-8)11-9(2)12(13(16)17)15(3)14-11/h4-7H,1-3H3,(H,16,17). The fraction of sp³-hybridized carbons (Fsp3) is 0.231. The highest BCUT2D eigenvalue weighted by Gasteiger charge is 2.18. The number of benzene rings is 1. The van der Waals surface area contributed by atoms with Gasteiger partial charge in [0.2, 0.25) is 0 Å². The van der Waals surface area contributed by atoms with Crippen LogP contribution in [0.5, 0.6) is 0 Å². The van der Waals surface area contributed by atoms with Crippen LogP contribution in [0.25, 0.3) is 11.3 Å². The molecule has 0 atom stereocenters. The number of aromatic nitrogens is 2. The lowest BCUT2D eigenvalue weighted by molar-refractivity contribution is 0.0684. The summed E-state index contributed by atoms with van der Waals surface area (Å²) in [7, 11) is 1.65. The van der Waals surface area contributed by atoms with E-state index in [1.165, 1.54) is 10.2 Å². The Labute approximate surface area is 99.5 Å². The molecule has 0 spiro atoms. The molecule has 2 rings (SSSR count). The number of carbonyl (C=O) groups is 1. The van der Waals surface area contributed by atoms with Crippen molar-refractivity contribution >= 4 is 5.97 Å². The summed E-state index contributed by atoms with van der Waals surface area (Å²) in [5.41, 5.74) is 3.77. The first kappa shape index (κ1) is 11.4. The molecule has 0 aliphatic carbocycles. The van der Waals surface area contributed by atoms with Gasteiger partial charge in [-0.25, -0.2) is 4.79 Å². The summed E-state index contributed by atoms with van der Waals surface area (Å²) in [6, 6.07) is 7.89. The fourth-order valence-electron chi connectivity index (χ4n) is 1.91. The lowest BCUT2D eigenvalue weighted by Gasteiger charge is -1.99. The molecule has 1 aromatic carbocycles. The Bertz CT molecular complexity index is 568. The highest BCUT2D eigenvalue weighted by molar-refractivity contribution is 5.89. The molecule has 0 amide bonds. The Balaban J connectivity index is 2.57. The van der Waals surface area contributed by atoms with Crippen molar-refractivity contribution < 1.29 is 9.90 Å². The molecule has 0 radical (unpaired) electrons. The Kier molecular flexibility index (Phi) is 2.71. The van der Waals surface area contributed by atoms with Crippen molar-refractivity contribution in [2.24, 2.45) is 7.05 Å². The van der Waals surface area contributed by atoms with Gasteiger partial charge in [0.25, 0.3) is 0 Å². The number of aryl methyl sites for hydroxylation is 2. The average molecular weight is 230 g/mol. The zero-order valence-corrected chi connectivity index (χ0v) is 10.1. The number of carboxylic acid groups (broad SMARTS) is 1. The third-order valence-electron chi connectivity index (χ3n) is 2.81. The van der Waals surface area contributed by atoms with E-state index in [4.69, 9.17) is 5.11 Å². The molecule has 0 fully saturated rings. The largest absolute Gasteiger partial charge is 0.477 e. The maximum atomic E-state index is 11.1. The van der Waals surface area contributed by atoms with Gasteiger partial charge in [0.1, 0.15) is 5.69 Å². The SMILES string of the molecule is Cc1ccc(-c2nn(C)c(C(=O)O)c2C)cc1. The van der Waals surface area contributed by atoms with Crippen molar-refractivity contribution in [1.82, 2.24) is 9.78 Å². The molecule has 2 aromatic rings. The maximum absolute atomic E-state index is 11.1. The molecule has 0 saturated heterocycles. The van der Waals surface area contributed by atoms with Crippen molar-refractivity contribution in [3.8, 4) is 11.3 Å². The van der Waals surface area contributed by atoms with Crippen LogP contribution in [0.2, 0.25) is 0 Å². The molecule has 0 aliphatic rings. The number of aromatic carboxylic acids is 1. The van der Waals surface area contributed by atoms with Gasteiger partial charge in [0.05, 0.1) is 5.69 Å². The van der Waals surface area contributed by atoms with Crippen LogP contribution in [0.3, 0.4) is 0 Å². The molecule has 0 unspecified atom stereocenters. The van der Waals surface area contributed by atoms with Gasteiger partial charge in [-0.15, -0.1) is 0 Å². The predicted molar refractivity (Wildman–Crippen MR) is 65.1 cm³/mol. The van der Waals surface area contributed by atoms with Crippen molar-refractivity contribution in [2.45, 2.75) is 13.8 Å². The zero-order chi connectivity index (χ0) is 12.6. The van der Waals surface area contributed by atoms with Crippen molar-refractivity contribution in [1.29, 1.82) is 0 Å². The second-order valence-electron chi connectivity index (χ2n) is 4.12. The summed E-state index contributed by atoms with van der Waals surface area (Å²) in [5.74, 6) is -0.948. The summed E-state index contributed by atoms with van der Waals surface area (Å²) in [5, 5.41) is 13.4. The predicted octanol–water partition coefficient (Wildman–Crippen LogP) is 2.40. The number of nitrogens with zero attached hydrogens (tertiary/aromatic N) is 2. The van der Waals surface area contributed by atoms with Crippen LogP contribution in [0.1, 0.15) is 21.6 Å². The second kappa shape index (κ2) is 4.05. The van der Waals surface area contributed by atoms with Gasteiger partial charge >= 0.3 is 5.97 Å². The first-order valence-electron chi connectivity index (χ1n) is 5.34. The Morgan fingerprint density at radius 3 is 2.29 bits per heavy atom. The molecule has 1 N–H and O–H groups in total. The number of hydrogen-bond acceptors (Lipinski definition) is 2. The van der Waals surface area contributed by atoms with Crippen molar-refractivity contribution in [2.75, 3.05) is 0 Å². The van der Waals surface area contributed by atoms with Crippen molar-refractivity contribution in [3.63, 3.8) is 0 Å². The van der Waals surface area contributed by atoms with E-state index in [2.05, 4.69) is 5.10 Å². The monoisotopic (exact) mass is 230 g/mol. The normalized spacial score (nSPS) is 10.5. The summed E-state index contributed by atoms with van der Waals surface area (Å²) in [6.07, 6.45) is 0. The molecule has 1 aromatic heterocycles. The lowest BCUT2D eigenvalue weighted by atomic mass is 10.1. The number of hydrogen-bond donors (Lipinski definition) is 1. The van der Waals surface area contributed by atoms with E-state index >= 15 is 0 Å². The summed E-state index contributed by atoms with van der Waals surface area (Å²) < 4.78 is 1.41. The van der Waals surface area contributed by atoms with E-state index < -0.39 is 5.97 Å². The molecule has 4 heteroatoms. The molecule has 17 heavy (non-hydrogen) atoms. The topological polar surface area (TPSA) is 55.1 Å². The minimum Gasteiger partial charge on any atom is -0.477 e. The Hall–Kier alpha value is -2.10. The van der Waals surface area contributed by atoms with E-state index in [1.54, 1.807) is 14.0 Å². The third kappa shape index (κ3) is 1.93. The Morgan fingerprint density at radius 1 is 1.24 bits per heavy atom. The molecular formula is C13H14N2O2. The fourth-order valence-corrected chi connectivity index (χ4v) is 1.91. The van der Waals surface area contributed by atoms with Crippen LogP contribution in [-0.4, -0.2) is 20.9 Å². The van der Waals surface area contributed by atoms with Gasteiger partial charge in [-0.1, -0.05) is 29.8 Å². The Morgan fingerprint density at radius 2 is 1.82 bits per heavy atom. The van der Waals surface area contributed by atoms with Crippen molar-refractivity contribution in [3.05, 3.63) is 41.1 Å². The van der Waals surface area contributed by atoms with Crippen LogP contribution in [0.4, 0.5) is 0 Å². The van der Waals surface area contributed by atoms with Gasteiger partial charge < -0.3 is 5.11 Å². The van der Waals surface area contributed by atoms with E-state index in [9.17, 15) is 4.79 Å². The lowest BCUT2D eigenvalue weighted by Crippen LogP contribution is -2.06. The van der Waals surface area contributed by atoms with Gasteiger partial charge in [0, 0.05) is 18.2 Å². The second-order valence-corrected chi connectivity index (χ2v) is 4.12. The highest BCUT2D eigenvalue weighted by Crippen LogP contribution is 2.24. The first-order valence-corrected chi connectivity index (χ1v) is 5.34. The molecule has 88 valence electrons. The molecule has 1 heterocycles. The molecule has 0 aliphatic heterocycles. The van der Waals surface area contributed by atoms with Crippen LogP contribution in [0.15, 0.2) is 24.3 Å². The van der Waals surface area contributed by atoms with E-state index in [0.29, 0.717) is 5.56 Å². The highest BCUT2D eigenvalue weighted by atomic mass is 16.4. The summed E-state index contributed by atoms with van der Waals surface area (Å²) in [6.45, 7) is 3.80. The van der Waals surface area contributed by atoms with Gasteiger partial charge in [-0.05, 0) is 13.8 Å². The van der Waals surface area contributed by atoms with Gasteiger partial charge in [-0.3, -0.25) is 4.68 Å². The smallest absolute Gasteiger partial charge is 0.354 e. The van der Waals surface area contributed by atoms with E-state index in [1.807, 2.05) is 31.2 Å². The van der Waals surface area contributed by atoms with E-state index in [-0.39, 0.29) is 5.69 Å². The minimum atomic E-state index is -0.948. The van der Waals surface area contributed by atoms with Crippen LogP contribution in [-0.2, 0) is 7.05 Å². The van der Waals surface area contributed by atoms with E-state index in [0.717, 1.165) is 11.3 Å².